The summed E-state index contributed by atoms with van der Waals surface area (Å²) in [4.78, 5) is 32.8. The molecule has 2 aromatic heterocycles. The van der Waals surface area contributed by atoms with Crippen molar-refractivity contribution >= 4 is 28.0 Å². The number of Topliss-reactive ketones (excluding diaryl/α,β-unsaturated/α-hetero) is 1. The van der Waals surface area contributed by atoms with E-state index in [2.05, 4.69) is 4.98 Å². The highest BCUT2D eigenvalue weighted by molar-refractivity contribution is 7.15. The second-order valence-electron chi connectivity index (χ2n) is 7.73. The fraction of sp³-hybridized carbons (Fsp3) is 0.208. The second-order valence-corrected chi connectivity index (χ2v) is 8.61. The van der Waals surface area contributed by atoms with Crippen LogP contribution in [0.1, 0.15) is 33.7 Å². The average molecular weight is 434 g/mol. The molecule has 4 aromatic rings. The summed E-state index contributed by atoms with van der Waals surface area (Å²) < 4.78 is 16.6. The lowest BCUT2D eigenvalue weighted by Crippen LogP contribution is -2.42. The Morgan fingerprint density at radius 2 is 1.97 bits per heavy atom. The number of carbonyl (C=O) groups is 2. The van der Waals surface area contributed by atoms with E-state index in [0.717, 1.165) is 16.9 Å². The number of amides is 1. The van der Waals surface area contributed by atoms with Crippen LogP contribution in [0.25, 0.3) is 16.1 Å². The number of benzene rings is 2. The van der Waals surface area contributed by atoms with Crippen LogP contribution in [0.15, 0.2) is 66.3 Å². The van der Waals surface area contributed by atoms with Crippen molar-refractivity contribution in [1.82, 2.24) is 14.3 Å². The third-order valence-corrected chi connectivity index (χ3v) is 6.50. The zero-order chi connectivity index (χ0) is 21.4. The first-order chi connectivity index (χ1) is 15.1. The zero-order valence-electron chi connectivity index (χ0n) is 16.7. The molecule has 1 aliphatic heterocycles. The van der Waals surface area contributed by atoms with E-state index in [9.17, 15) is 14.0 Å². The predicted molar refractivity (Wildman–Crippen MR) is 118 cm³/mol. The second kappa shape index (κ2) is 8.07. The molecule has 5 rings (SSSR count). The molecule has 2 aromatic carbocycles. The van der Waals surface area contributed by atoms with Crippen LogP contribution in [0, 0.1) is 11.7 Å². The number of imidazole rings is 1. The molecule has 1 fully saturated rings. The van der Waals surface area contributed by atoms with Crippen molar-refractivity contribution in [2.24, 2.45) is 5.92 Å². The van der Waals surface area contributed by atoms with Crippen LogP contribution in [0.4, 0.5) is 4.39 Å². The lowest BCUT2D eigenvalue weighted by molar-refractivity contribution is 0.0632. The van der Waals surface area contributed by atoms with Gasteiger partial charge >= 0.3 is 0 Å². The summed E-state index contributed by atoms with van der Waals surface area (Å²) >= 11 is 1.47. The molecule has 7 heteroatoms. The van der Waals surface area contributed by atoms with Gasteiger partial charge in [-0.3, -0.25) is 14.0 Å². The fourth-order valence-corrected chi connectivity index (χ4v) is 4.82. The quantitative estimate of drug-likeness (QED) is 0.429. The van der Waals surface area contributed by atoms with E-state index < -0.39 is 5.82 Å². The lowest BCUT2D eigenvalue weighted by atomic mass is 9.89. The van der Waals surface area contributed by atoms with Gasteiger partial charge in [-0.2, -0.15) is 0 Å². The topological polar surface area (TPSA) is 54.7 Å². The average Bonchev–Trinajstić information content (AvgIpc) is 3.41. The minimum atomic E-state index is -0.418. The highest BCUT2D eigenvalue weighted by atomic mass is 32.1. The number of nitrogens with zero attached hydrogens (tertiary/aromatic N) is 3. The number of carbonyl (C=O) groups excluding carboxylic acids is 2. The molecule has 0 radical (unpaired) electrons. The van der Waals surface area contributed by atoms with Crippen LogP contribution in [0.3, 0.4) is 0 Å². The van der Waals surface area contributed by atoms with Crippen molar-refractivity contribution in [3.05, 3.63) is 83.4 Å². The van der Waals surface area contributed by atoms with E-state index in [4.69, 9.17) is 0 Å². The Morgan fingerprint density at radius 3 is 2.74 bits per heavy atom. The van der Waals surface area contributed by atoms with Gasteiger partial charge in [0.15, 0.2) is 10.7 Å². The van der Waals surface area contributed by atoms with Crippen LogP contribution >= 0.6 is 11.3 Å². The maximum absolute atomic E-state index is 14.7. The molecule has 0 N–H and O–H groups in total. The van der Waals surface area contributed by atoms with Gasteiger partial charge in [-0.25, -0.2) is 9.37 Å². The summed E-state index contributed by atoms with van der Waals surface area (Å²) in [6.45, 7) is 0.917. The van der Waals surface area contributed by atoms with Gasteiger partial charge in [0.1, 0.15) is 11.5 Å². The fourth-order valence-electron chi connectivity index (χ4n) is 4.12. The molecule has 0 aliphatic carbocycles. The standard InChI is InChI=1S/C24H20FN3O2S/c25-20-13-17(8-9-19(20)16-5-2-1-3-6-16)22(29)18-7-4-10-27(14-18)23(30)21-15-28-11-12-31-24(28)26-21/h1-3,5-6,8-9,11-13,15,18H,4,7,10,14H2/t18-/m0/s1. The van der Waals surface area contributed by atoms with E-state index >= 15 is 0 Å². The van der Waals surface area contributed by atoms with Gasteiger partial charge in [0, 0.05) is 47.9 Å². The Bertz CT molecular complexity index is 1240. The first-order valence-corrected chi connectivity index (χ1v) is 11.1. The minimum absolute atomic E-state index is 0.123. The molecule has 1 atom stereocenters. The third-order valence-electron chi connectivity index (χ3n) is 5.73. The van der Waals surface area contributed by atoms with Crippen molar-refractivity contribution in [2.45, 2.75) is 12.8 Å². The molecule has 0 bridgehead atoms. The monoisotopic (exact) mass is 433 g/mol. The van der Waals surface area contributed by atoms with Crippen LogP contribution in [-0.2, 0) is 0 Å². The van der Waals surface area contributed by atoms with Crippen LogP contribution in [0.5, 0.6) is 0 Å². The molecular formula is C24H20FN3O2S. The predicted octanol–water partition coefficient (Wildman–Crippen LogP) is 4.94. The Kier molecular flexibility index (Phi) is 5.11. The van der Waals surface area contributed by atoms with Gasteiger partial charge in [-0.05, 0) is 24.5 Å². The third kappa shape index (κ3) is 3.77. The highest BCUT2D eigenvalue weighted by Crippen LogP contribution is 2.27. The van der Waals surface area contributed by atoms with Gasteiger partial charge in [-0.15, -0.1) is 11.3 Å². The molecular weight excluding hydrogens is 413 g/mol. The number of hydrogen-bond donors (Lipinski definition) is 0. The van der Waals surface area contributed by atoms with Gasteiger partial charge in [-0.1, -0.05) is 42.5 Å². The number of rotatable bonds is 4. The molecule has 1 aliphatic rings. The number of fused-ring (bicyclic) bond motifs is 1. The van der Waals surface area contributed by atoms with Crippen molar-refractivity contribution in [1.29, 1.82) is 0 Å². The smallest absolute Gasteiger partial charge is 0.274 e. The van der Waals surface area contributed by atoms with Crippen LogP contribution in [-0.4, -0.2) is 39.1 Å². The first-order valence-electron chi connectivity index (χ1n) is 10.2. The van der Waals surface area contributed by atoms with Crippen LogP contribution < -0.4 is 0 Å². The molecule has 0 saturated carbocycles. The maximum atomic E-state index is 14.7. The van der Waals surface area contributed by atoms with E-state index in [-0.39, 0.29) is 17.6 Å². The Morgan fingerprint density at radius 1 is 1.13 bits per heavy atom. The van der Waals surface area contributed by atoms with E-state index in [1.807, 2.05) is 46.3 Å². The van der Waals surface area contributed by atoms with Gasteiger partial charge in [0.2, 0.25) is 0 Å². The Hall–Kier alpha value is -3.32. The maximum Gasteiger partial charge on any atom is 0.274 e. The molecule has 3 heterocycles. The molecule has 0 unspecified atom stereocenters. The number of ketones is 1. The van der Waals surface area contributed by atoms with Gasteiger partial charge in [0.05, 0.1) is 0 Å². The summed E-state index contributed by atoms with van der Waals surface area (Å²) in [6, 6.07) is 13.9. The van der Waals surface area contributed by atoms with Gasteiger partial charge < -0.3 is 4.90 Å². The zero-order valence-corrected chi connectivity index (χ0v) is 17.5. The summed E-state index contributed by atoms with van der Waals surface area (Å²) in [5.41, 5.74) is 1.97. The normalized spacial score (nSPS) is 16.5. The van der Waals surface area contributed by atoms with E-state index in [0.29, 0.717) is 36.3 Å². The Labute approximate surface area is 182 Å². The first kappa shape index (κ1) is 19.6. The van der Waals surface area contributed by atoms with Crippen molar-refractivity contribution < 1.29 is 14.0 Å². The molecule has 1 saturated heterocycles. The number of hydrogen-bond acceptors (Lipinski definition) is 4. The molecule has 156 valence electrons. The number of aromatic nitrogens is 2. The Balaban J connectivity index is 1.33. The van der Waals surface area contributed by atoms with Crippen LogP contribution in [0.2, 0.25) is 0 Å². The molecule has 5 nitrogen and oxygen atoms in total. The summed E-state index contributed by atoms with van der Waals surface area (Å²) in [5.74, 6) is -1.05. The SMILES string of the molecule is O=C(c1ccc(-c2ccccc2)c(F)c1)[C@H]1CCCN(C(=O)c2cn3ccsc3n2)C1. The molecule has 31 heavy (non-hydrogen) atoms. The summed E-state index contributed by atoms with van der Waals surface area (Å²) in [6.07, 6.45) is 5.00. The molecule has 1 amide bonds. The van der Waals surface area contributed by atoms with Crippen molar-refractivity contribution in [2.75, 3.05) is 13.1 Å². The highest BCUT2D eigenvalue weighted by Gasteiger charge is 2.30. The van der Waals surface area contributed by atoms with E-state index in [1.54, 1.807) is 23.2 Å². The number of piperidine rings is 1. The number of thiazole rings is 1. The number of likely N-dealkylation sites (tertiary alicyclic amines) is 1. The lowest BCUT2D eigenvalue weighted by Gasteiger charge is -2.31. The largest absolute Gasteiger partial charge is 0.337 e. The molecule has 0 spiro atoms. The van der Waals surface area contributed by atoms with Gasteiger partial charge in [0.25, 0.3) is 5.91 Å². The summed E-state index contributed by atoms with van der Waals surface area (Å²) in [7, 11) is 0. The number of halogens is 1. The summed E-state index contributed by atoms with van der Waals surface area (Å²) in [5, 5.41) is 1.91. The van der Waals surface area contributed by atoms with E-state index in [1.165, 1.54) is 17.4 Å². The van der Waals surface area contributed by atoms with Crippen molar-refractivity contribution in [3.63, 3.8) is 0 Å². The van der Waals surface area contributed by atoms with Crippen molar-refractivity contribution in [3.8, 4) is 11.1 Å². The minimum Gasteiger partial charge on any atom is -0.337 e.